The van der Waals surface area contributed by atoms with Crippen LogP contribution < -0.4 is 5.32 Å². The number of aliphatic hydroxyl groups is 1. The average Bonchev–Trinajstić information content (AvgIpc) is 2.44. The molecule has 0 heterocycles. The van der Waals surface area contributed by atoms with E-state index in [1.807, 2.05) is 56.3 Å². The number of benzene rings is 1. The van der Waals surface area contributed by atoms with E-state index in [0.717, 1.165) is 17.8 Å². The van der Waals surface area contributed by atoms with Crippen molar-refractivity contribution in [3.8, 4) is 0 Å². The number of rotatable bonds is 7. The van der Waals surface area contributed by atoms with Gasteiger partial charge in [-0.25, -0.2) is 0 Å². The van der Waals surface area contributed by atoms with Crippen LogP contribution in [-0.4, -0.2) is 17.4 Å². The molecule has 110 valence electrons. The van der Waals surface area contributed by atoms with Crippen LogP contribution in [0.25, 0.3) is 6.08 Å². The lowest BCUT2D eigenvalue weighted by Crippen LogP contribution is -2.10. The molecule has 3 heteroatoms. The van der Waals surface area contributed by atoms with Gasteiger partial charge in [0.1, 0.15) is 5.76 Å². The van der Waals surface area contributed by atoms with Crippen LogP contribution in [0.2, 0.25) is 0 Å². The van der Waals surface area contributed by atoms with Crippen molar-refractivity contribution < 1.29 is 9.90 Å². The van der Waals surface area contributed by atoms with Gasteiger partial charge in [0.25, 0.3) is 0 Å². The Bertz CT molecular complexity index is 566. The van der Waals surface area contributed by atoms with E-state index in [0.29, 0.717) is 0 Å². The zero-order valence-electron chi connectivity index (χ0n) is 12.4. The molecule has 0 unspecified atom stereocenters. The van der Waals surface area contributed by atoms with Crippen molar-refractivity contribution in [1.82, 2.24) is 5.32 Å². The molecule has 0 saturated heterocycles. The number of ketones is 1. The SMILES string of the molecule is CCN/C(C)=C\C(=O)/C=C(O)/C=C/C=C/c1ccccc1. The molecule has 0 aromatic heterocycles. The monoisotopic (exact) mass is 283 g/mol. The lowest BCUT2D eigenvalue weighted by Gasteiger charge is -2.00. The summed E-state index contributed by atoms with van der Waals surface area (Å²) in [7, 11) is 0. The van der Waals surface area contributed by atoms with Gasteiger partial charge >= 0.3 is 0 Å². The molecule has 0 amide bonds. The van der Waals surface area contributed by atoms with Crippen molar-refractivity contribution in [3.63, 3.8) is 0 Å². The standard InChI is InChI=1S/C18H21NO2/c1-3-19-15(2)13-18(21)14-17(20)12-8-7-11-16-9-5-4-6-10-16/h4-14,19-20H,3H2,1-2H3/b11-7+,12-8+,15-13-,17-14-. The Morgan fingerprint density at radius 3 is 2.57 bits per heavy atom. The summed E-state index contributed by atoms with van der Waals surface area (Å²) in [5, 5.41) is 12.6. The molecule has 0 bridgehead atoms. The molecule has 1 aromatic rings. The number of aliphatic hydroxyl groups excluding tert-OH is 1. The summed E-state index contributed by atoms with van der Waals surface area (Å²) in [6, 6.07) is 9.84. The largest absolute Gasteiger partial charge is 0.508 e. The van der Waals surface area contributed by atoms with Gasteiger partial charge in [-0.05, 0) is 25.5 Å². The smallest absolute Gasteiger partial charge is 0.184 e. The Labute approximate surface area is 126 Å². The fourth-order valence-electron chi connectivity index (χ4n) is 1.66. The third-order valence-corrected chi connectivity index (χ3v) is 2.57. The molecule has 3 nitrogen and oxygen atoms in total. The van der Waals surface area contributed by atoms with Gasteiger partial charge in [-0.3, -0.25) is 4.79 Å². The van der Waals surface area contributed by atoms with E-state index >= 15 is 0 Å². The van der Waals surface area contributed by atoms with Gasteiger partial charge in [-0.2, -0.15) is 0 Å². The van der Waals surface area contributed by atoms with E-state index in [4.69, 9.17) is 0 Å². The van der Waals surface area contributed by atoms with Crippen molar-refractivity contribution in [3.05, 3.63) is 77.7 Å². The molecule has 0 atom stereocenters. The Hall–Kier alpha value is -2.55. The highest BCUT2D eigenvalue weighted by Crippen LogP contribution is 2.01. The number of allylic oxidation sites excluding steroid dienone is 6. The molecular formula is C18H21NO2. The molecule has 0 radical (unpaired) electrons. The summed E-state index contributed by atoms with van der Waals surface area (Å²) in [5.41, 5.74) is 1.85. The maximum absolute atomic E-state index is 11.6. The Balaban J connectivity index is 2.55. The van der Waals surface area contributed by atoms with Crippen molar-refractivity contribution in [2.75, 3.05) is 6.54 Å². The van der Waals surface area contributed by atoms with Gasteiger partial charge in [0, 0.05) is 24.4 Å². The van der Waals surface area contributed by atoms with Crippen LogP contribution in [0.15, 0.2) is 72.2 Å². The summed E-state index contributed by atoms with van der Waals surface area (Å²) in [6.45, 7) is 4.52. The van der Waals surface area contributed by atoms with E-state index < -0.39 is 0 Å². The van der Waals surface area contributed by atoms with E-state index in [-0.39, 0.29) is 11.5 Å². The fourth-order valence-corrected chi connectivity index (χ4v) is 1.66. The quantitative estimate of drug-likeness (QED) is 0.455. The van der Waals surface area contributed by atoms with E-state index in [9.17, 15) is 9.90 Å². The molecule has 0 fully saturated rings. The second-order valence-electron chi connectivity index (χ2n) is 4.46. The highest BCUT2D eigenvalue weighted by Gasteiger charge is 1.95. The molecule has 1 rings (SSSR count). The zero-order chi connectivity index (χ0) is 15.5. The number of carbonyl (C=O) groups excluding carboxylic acids is 1. The van der Waals surface area contributed by atoms with E-state index in [1.54, 1.807) is 6.08 Å². The summed E-state index contributed by atoms with van der Waals surface area (Å²) in [4.78, 5) is 11.6. The average molecular weight is 283 g/mol. The van der Waals surface area contributed by atoms with Crippen LogP contribution >= 0.6 is 0 Å². The van der Waals surface area contributed by atoms with Crippen molar-refractivity contribution in [2.45, 2.75) is 13.8 Å². The Morgan fingerprint density at radius 1 is 1.19 bits per heavy atom. The van der Waals surface area contributed by atoms with Crippen molar-refractivity contribution >= 4 is 11.9 Å². The molecule has 2 N–H and O–H groups in total. The van der Waals surface area contributed by atoms with Gasteiger partial charge in [-0.15, -0.1) is 0 Å². The van der Waals surface area contributed by atoms with Gasteiger partial charge in [0.15, 0.2) is 5.78 Å². The van der Waals surface area contributed by atoms with Gasteiger partial charge in [-0.1, -0.05) is 48.6 Å². The number of hydrogen-bond acceptors (Lipinski definition) is 3. The molecule has 0 aliphatic rings. The van der Waals surface area contributed by atoms with E-state index in [2.05, 4.69) is 5.32 Å². The highest BCUT2D eigenvalue weighted by atomic mass is 16.3. The highest BCUT2D eigenvalue weighted by molar-refractivity contribution is 6.00. The minimum absolute atomic E-state index is 0.0711. The van der Waals surface area contributed by atoms with Crippen molar-refractivity contribution in [1.29, 1.82) is 0 Å². The third-order valence-electron chi connectivity index (χ3n) is 2.57. The molecule has 0 saturated carbocycles. The maximum atomic E-state index is 11.6. The molecule has 0 aliphatic heterocycles. The number of hydrogen-bond donors (Lipinski definition) is 2. The Kier molecular flexibility index (Phi) is 7.36. The lowest BCUT2D eigenvalue weighted by molar-refractivity contribution is -0.110. The predicted octanol–water partition coefficient (Wildman–Crippen LogP) is 3.78. The van der Waals surface area contributed by atoms with Crippen LogP contribution in [0.1, 0.15) is 19.4 Å². The predicted molar refractivity (Wildman–Crippen MR) is 87.8 cm³/mol. The van der Waals surface area contributed by atoms with Gasteiger partial charge < -0.3 is 10.4 Å². The minimum atomic E-state index is -0.248. The summed E-state index contributed by atoms with van der Waals surface area (Å²) < 4.78 is 0. The van der Waals surface area contributed by atoms with Crippen LogP contribution in [0.5, 0.6) is 0 Å². The molecule has 1 aromatic carbocycles. The van der Waals surface area contributed by atoms with Crippen LogP contribution in [0, 0.1) is 0 Å². The summed E-state index contributed by atoms with van der Waals surface area (Å²) in [5.74, 6) is -0.319. The normalized spacial score (nSPS) is 13.0. The first kappa shape index (κ1) is 16.5. The van der Waals surface area contributed by atoms with E-state index in [1.165, 1.54) is 18.2 Å². The van der Waals surface area contributed by atoms with Gasteiger partial charge in [0.2, 0.25) is 0 Å². The molecule has 21 heavy (non-hydrogen) atoms. The topological polar surface area (TPSA) is 49.3 Å². The van der Waals surface area contributed by atoms with Crippen LogP contribution in [0.4, 0.5) is 0 Å². The number of nitrogens with one attached hydrogen (secondary N) is 1. The van der Waals surface area contributed by atoms with Crippen LogP contribution in [-0.2, 0) is 4.79 Å². The Morgan fingerprint density at radius 2 is 1.90 bits per heavy atom. The number of carbonyl (C=O) groups is 1. The minimum Gasteiger partial charge on any atom is -0.508 e. The fraction of sp³-hybridized carbons (Fsp3) is 0.167. The lowest BCUT2D eigenvalue weighted by atomic mass is 10.2. The molecule has 0 aliphatic carbocycles. The first-order chi connectivity index (χ1) is 10.1. The summed E-state index contributed by atoms with van der Waals surface area (Å²) in [6.07, 6.45) is 9.53. The van der Waals surface area contributed by atoms with Crippen molar-refractivity contribution in [2.24, 2.45) is 0 Å². The first-order valence-corrected chi connectivity index (χ1v) is 6.88. The first-order valence-electron chi connectivity index (χ1n) is 6.88. The second kappa shape index (κ2) is 9.37. The van der Waals surface area contributed by atoms with Crippen LogP contribution in [0.3, 0.4) is 0 Å². The molecule has 0 spiro atoms. The zero-order valence-corrected chi connectivity index (χ0v) is 12.4. The maximum Gasteiger partial charge on any atom is 0.184 e. The summed E-state index contributed by atoms with van der Waals surface area (Å²) >= 11 is 0. The van der Waals surface area contributed by atoms with Gasteiger partial charge in [0.05, 0.1) is 0 Å². The second-order valence-corrected chi connectivity index (χ2v) is 4.46. The third kappa shape index (κ3) is 7.57. The molecular weight excluding hydrogens is 262 g/mol.